The standard InChI is InChI=1S/C6H10N2O2/c1-7-3-5-4-10-6(8-5)9-2/h4,7H,3H2,1-2H3. The summed E-state index contributed by atoms with van der Waals surface area (Å²) < 4.78 is 9.63. The molecule has 10 heavy (non-hydrogen) atoms. The Bertz CT molecular complexity index is 197. The first-order valence-electron chi connectivity index (χ1n) is 3.00. The van der Waals surface area contributed by atoms with Gasteiger partial charge >= 0.3 is 6.08 Å². The third-order valence-corrected chi connectivity index (χ3v) is 1.06. The van der Waals surface area contributed by atoms with Crippen molar-refractivity contribution < 1.29 is 9.15 Å². The van der Waals surface area contributed by atoms with E-state index < -0.39 is 0 Å². The van der Waals surface area contributed by atoms with Crippen molar-refractivity contribution in [3.05, 3.63) is 12.0 Å². The molecule has 1 rings (SSSR count). The topological polar surface area (TPSA) is 47.3 Å². The van der Waals surface area contributed by atoms with E-state index in [2.05, 4.69) is 10.3 Å². The first-order valence-corrected chi connectivity index (χ1v) is 3.00. The summed E-state index contributed by atoms with van der Waals surface area (Å²) in [5.74, 6) is 0. The molecule has 0 spiro atoms. The summed E-state index contributed by atoms with van der Waals surface area (Å²) >= 11 is 0. The Morgan fingerprint density at radius 3 is 3.10 bits per heavy atom. The monoisotopic (exact) mass is 142 g/mol. The molecule has 0 aliphatic rings. The van der Waals surface area contributed by atoms with Crippen LogP contribution in [0.2, 0.25) is 0 Å². The van der Waals surface area contributed by atoms with Gasteiger partial charge < -0.3 is 14.5 Å². The number of aromatic nitrogens is 1. The number of hydrogen-bond donors (Lipinski definition) is 1. The predicted octanol–water partition coefficient (Wildman–Crippen LogP) is 0.403. The minimum atomic E-state index is 0.310. The van der Waals surface area contributed by atoms with Gasteiger partial charge in [0, 0.05) is 6.54 Å². The average Bonchev–Trinajstić information content (AvgIpc) is 2.37. The van der Waals surface area contributed by atoms with E-state index >= 15 is 0 Å². The summed E-state index contributed by atoms with van der Waals surface area (Å²) in [5.41, 5.74) is 0.847. The normalized spacial score (nSPS) is 9.80. The minimum Gasteiger partial charge on any atom is -0.454 e. The lowest BCUT2D eigenvalue weighted by atomic mass is 10.5. The molecule has 0 aromatic carbocycles. The first-order chi connectivity index (χ1) is 4.86. The van der Waals surface area contributed by atoms with Crippen LogP contribution in [-0.2, 0) is 6.54 Å². The van der Waals surface area contributed by atoms with E-state index in [1.165, 1.54) is 7.11 Å². The fraction of sp³-hybridized carbons (Fsp3) is 0.500. The van der Waals surface area contributed by atoms with Gasteiger partial charge in [0.1, 0.15) is 6.26 Å². The number of methoxy groups -OCH3 is 1. The van der Waals surface area contributed by atoms with Crippen LogP contribution in [0.15, 0.2) is 10.7 Å². The summed E-state index contributed by atoms with van der Waals surface area (Å²) in [5, 5.41) is 2.94. The van der Waals surface area contributed by atoms with Crippen molar-refractivity contribution >= 4 is 0 Å². The van der Waals surface area contributed by atoms with Gasteiger partial charge in [-0.15, -0.1) is 0 Å². The molecule has 0 amide bonds. The zero-order valence-electron chi connectivity index (χ0n) is 6.05. The number of hydrogen-bond acceptors (Lipinski definition) is 4. The second-order valence-corrected chi connectivity index (χ2v) is 1.84. The van der Waals surface area contributed by atoms with E-state index in [-0.39, 0.29) is 0 Å². The van der Waals surface area contributed by atoms with E-state index in [4.69, 9.17) is 9.15 Å². The summed E-state index contributed by atoms with van der Waals surface area (Å²) in [6.07, 6.45) is 1.88. The molecule has 56 valence electrons. The Hall–Kier alpha value is -1.03. The molecule has 0 aliphatic heterocycles. The van der Waals surface area contributed by atoms with Crippen LogP contribution in [0.3, 0.4) is 0 Å². The van der Waals surface area contributed by atoms with Crippen LogP contribution in [0.25, 0.3) is 0 Å². The highest BCUT2D eigenvalue weighted by atomic mass is 16.6. The molecule has 1 N–H and O–H groups in total. The Balaban J connectivity index is 2.59. The number of nitrogens with zero attached hydrogens (tertiary/aromatic N) is 1. The van der Waals surface area contributed by atoms with E-state index in [9.17, 15) is 0 Å². The second kappa shape index (κ2) is 3.22. The number of oxazole rings is 1. The Kier molecular flexibility index (Phi) is 2.28. The van der Waals surface area contributed by atoms with Gasteiger partial charge in [-0.2, -0.15) is 4.98 Å². The van der Waals surface area contributed by atoms with Crippen molar-refractivity contribution in [2.24, 2.45) is 0 Å². The lowest BCUT2D eigenvalue weighted by molar-refractivity contribution is 0.290. The van der Waals surface area contributed by atoms with Crippen molar-refractivity contribution in [2.45, 2.75) is 6.54 Å². The van der Waals surface area contributed by atoms with Crippen molar-refractivity contribution in [3.63, 3.8) is 0 Å². The van der Waals surface area contributed by atoms with Crippen LogP contribution in [0.1, 0.15) is 5.69 Å². The molecule has 0 unspecified atom stereocenters. The van der Waals surface area contributed by atoms with Gasteiger partial charge in [0.2, 0.25) is 0 Å². The smallest absolute Gasteiger partial charge is 0.393 e. The van der Waals surface area contributed by atoms with E-state index in [0.29, 0.717) is 12.6 Å². The molecule has 0 fully saturated rings. The van der Waals surface area contributed by atoms with Gasteiger partial charge in [-0.05, 0) is 7.05 Å². The SMILES string of the molecule is CNCc1coc(OC)n1. The largest absolute Gasteiger partial charge is 0.454 e. The molecule has 0 atom stereocenters. The second-order valence-electron chi connectivity index (χ2n) is 1.84. The quantitative estimate of drug-likeness (QED) is 0.663. The summed E-state index contributed by atoms with van der Waals surface area (Å²) in [6.45, 7) is 0.701. The zero-order valence-corrected chi connectivity index (χ0v) is 6.05. The van der Waals surface area contributed by atoms with Gasteiger partial charge in [0.15, 0.2) is 0 Å². The van der Waals surface area contributed by atoms with Gasteiger partial charge in [0.25, 0.3) is 0 Å². The number of nitrogens with one attached hydrogen (secondary N) is 1. The summed E-state index contributed by atoms with van der Waals surface area (Å²) in [4.78, 5) is 3.97. The highest BCUT2D eigenvalue weighted by molar-refractivity contribution is 4.98. The van der Waals surface area contributed by atoms with Gasteiger partial charge in [0.05, 0.1) is 12.8 Å². The van der Waals surface area contributed by atoms with Gasteiger partial charge in [-0.1, -0.05) is 0 Å². The third-order valence-electron chi connectivity index (χ3n) is 1.06. The number of ether oxygens (including phenoxy) is 1. The lowest BCUT2D eigenvalue weighted by Crippen LogP contribution is -2.04. The van der Waals surface area contributed by atoms with E-state index in [1.807, 2.05) is 7.05 Å². The maximum Gasteiger partial charge on any atom is 0.393 e. The van der Waals surface area contributed by atoms with Crippen molar-refractivity contribution in [1.82, 2.24) is 10.3 Å². The number of rotatable bonds is 3. The predicted molar refractivity (Wildman–Crippen MR) is 35.8 cm³/mol. The lowest BCUT2D eigenvalue weighted by Gasteiger charge is -1.88. The highest BCUT2D eigenvalue weighted by Gasteiger charge is 2.00. The molecular formula is C6H10N2O2. The summed E-state index contributed by atoms with van der Waals surface area (Å²) in [7, 11) is 3.37. The molecule has 0 saturated heterocycles. The summed E-state index contributed by atoms with van der Waals surface area (Å²) in [6, 6.07) is 0. The third kappa shape index (κ3) is 1.48. The first kappa shape index (κ1) is 7.08. The van der Waals surface area contributed by atoms with Gasteiger partial charge in [-0.3, -0.25) is 0 Å². The fourth-order valence-corrected chi connectivity index (χ4v) is 0.644. The highest BCUT2D eigenvalue weighted by Crippen LogP contribution is 2.07. The molecule has 4 heteroatoms. The Labute approximate surface area is 59.2 Å². The fourth-order valence-electron chi connectivity index (χ4n) is 0.644. The van der Waals surface area contributed by atoms with Crippen molar-refractivity contribution in [3.8, 4) is 6.08 Å². The van der Waals surface area contributed by atoms with Crippen LogP contribution in [0, 0.1) is 0 Å². The Morgan fingerprint density at radius 2 is 2.60 bits per heavy atom. The molecule has 0 radical (unpaired) electrons. The van der Waals surface area contributed by atoms with Crippen LogP contribution in [0.5, 0.6) is 6.08 Å². The van der Waals surface area contributed by atoms with Crippen LogP contribution >= 0.6 is 0 Å². The molecular weight excluding hydrogens is 132 g/mol. The molecule has 0 bridgehead atoms. The Morgan fingerprint density at radius 1 is 1.80 bits per heavy atom. The molecule has 0 saturated carbocycles. The molecule has 1 aromatic rings. The molecule has 1 heterocycles. The zero-order chi connectivity index (χ0) is 7.40. The van der Waals surface area contributed by atoms with Crippen molar-refractivity contribution in [2.75, 3.05) is 14.2 Å². The maximum absolute atomic E-state index is 4.89. The maximum atomic E-state index is 4.89. The van der Waals surface area contributed by atoms with E-state index in [1.54, 1.807) is 6.26 Å². The molecule has 0 aliphatic carbocycles. The van der Waals surface area contributed by atoms with Crippen LogP contribution in [0.4, 0.5) is 0 Å². The van der Waals surface area contributed by atoms with Crippen LogP contribution in [-0.4, -0.2) is 19.1 Å². The van der Waals surface area contributed by atoms with Crippen LogP contribution < -0.4 is 10.1 Å². The van der Waals surface area contributed by atoms with Gasteiger partial charge in [-0.25, -0.2) is 0 Å². The molecule has 4 nitrogen and oxygen atoms in total. The van der Waals surface area contributed by atoms with E-state index in [0.717, 1.165) is 5.69 Å². The van der Waals surface area contributed by atoms with Crippen molar-refractivity contribution in [1.29, 1.82) is 0 Å². The average molecular weight is 142 g/mol. The minimum absolute atomic E-state index is 0.310. The molecule has 1 aromatic heterocycles.